The van der Waals surface area contributed by atoms with Gasteiger partial charge in [0.05, 0.1) is 45.2 Å². The summed E-state index contributed by atoms with van der Waals surface area (Å²) in [5.41, 5.74) is -1.14. The fourth-order valence-corrected chi connectivity index (χ4v) is 10.9. The molecule has 0 aliphatic carbocycles. The molecule has 4 aromatic heterocycles. The highest BCUT2D eigenvalue weighted by molar-refractivity contribution is 8.44. The van der Waals surface area contributed by atoms with Crippen molar-refractivity contribution in [3.8, 4) is 0 Å². The number of H-pyrrole nitrogens is 1. The van der Waals surface area contributed by atoms with Gasteiger partial charge in [-0.2, -0.15) is 0 Å². The van der Waals surface area contributed by atoms with Crippen LogP contribution in [0.4, 0.5) is 25.1 Å². The number of carbonyl (C=O) groups is 4. The molecule has 4 amide bonds. The molecule has 6 heterocycles. The van der Waals surface area contributed by atoms with Crippen LogP contribution in [0, 0.1) is 17.7 Å². The number of benzene rings is 2. The lowest BCUT2D eigenvalue weighted by Gasteiger charge is -2.34. The second kappa shape index (κ2) is 25.5. The van der Waals surface area contributed by atoms with Gasteiger partial charge in [0.25, 0.3) is 11.5 Å². The van der Waals surface area contributed by atoms with Crippen LogP contribution in [0.5, 0.6) is 0 Å². The number of alkyl halides is 1. The van der Waals surface area contributed by atoms with Crippen LogP contribution in [0.3, 0.4) is 0 Å². The Hall–Kier alpha value is -6.17. The van der Waals surface area contributed by atoms with Crippen LogP contribution in [0.25, 0.3) is 22.2 Å². The summed E-state index contributed by atoms with van der Waals surface area (Å²) in [6.45, 7) is -4.38. The summed E-state index contributed by atoms with van der Waals surface area (Å²) >= 11 is 7.58. The molecule has 2 aliphatic heterocycles. The van der Waals surface area contributed by atoms with Gasteiger partial charge in [-0.25, -0.2) is 42.6 Å². The third-order valence-corrected chi connectivity index (χ3v) is 16.0. The van der Waals surface area contributed by atoms with E-state index in [2.05, 4.69) is 65.4 Å². The number of anilines is 2. The number of hydrogen-bond donors (Lipinski definition) is 8. The minimum absolute atomic E-state index is 0.0345. The highest BCUT2D eigenvalue weighted by Crippen LogP contribution is 2.56. The predicted octanol–water partition coefficient (Wildman–Crippen LogP) is 6.05. The number of thiol groups is 2. The number of imidazole rings is 1. The Labute approximate surface area is 471 Å². The van der Waals surface area contributed by atoms with Crippen LogP contribution in [-0.4, -0.2) is 137 Å². The maximum Gasteiger partial charge on any atom is 0.410 e. The molecule has 6 aromatic rings. The number of nitrogens with zero attached hydrogens (tertiary/aromatic N) is 7. The van der Waals surface area contributed by atoms with Crippen LogP contribution in [0.1, 0.15) is 68.2 Å². The van der Waals surface area contributed by atoms with Gasteiger partial charge < -0.3 is 54.6 Å². The maximum atomic E-state index is 16.2. The number of rotatable bonds is 23. The Morgan fingerprint density at radius 1 is 1.00 bits per heavy atom. The molecular weight excluding hydrogens is 1150 g/mol. The number of halogens is 2. The summed E-state index contributed by atoms with van der Waals surface area (Å²) in [5.74, 6) is -3.02. The second-order valence-electron chi connectivity index (χ2n) is 19.7. The maximum absolute atomic E-state index is 16.2. The molecule has 0 spiro atoms. The number of carbonyl (C=O) groups excluding carboxylic acids is 4. The number of aliphatic hydroxyl groups is 1. The van der Waals surface area contributed by atoms with Gasteiger partial charge in [0.15, 0.2) is 40.8 Å². The number of aliphatic hydroxyl groups excluding tert-OH is 1. The molecule has 0 radical (unpaired) electrons. The molecule has 2 fully saturated rings. The van der Waals surface area contributed by atoms with Gasteiger partial charge in [0, 0.05) is 43.4 Å². The quantitative estimate of drug-likeness (QED) is 0.0267. The molecule has 32 heteroatoms. The van der Waals surface area contributed by atoms with E-state index >= 15 is 8.78 Å². The molecule has 6 N–H and O–H groups in total. The van der Waals surface area contributed by atoms with E-state index in [1.54, 1.807) is 55.5 Å². The lowest BCUT2D eigenvalue weighted by atomic mass is 9.93. The number of hydrogen-bond acceptors (Lipinski definition) is 18. The Morgan fingerprint density at radius 2 is 1.73 bits per heavy atom. The smallest absolute Gasteiger partial charge is 0.410 e. The molecule has 2 aliphatic rings. The SMILES string of the molecule is CCC(NC(=O)CC(C)C)C(=O)Nc1ccc(COC(=O)N(C)Cc2ccccc2C(=O)Nc2ncnc3c2ncn3[C@@H]2O[C@H](CO[P@@](=O)(S)OC[C@@]3(n4cc(F)c5c(=O)[nH]cnc54)CO[C@H](CO[P@](=O)(O)S)[C@H]3O)[C@@H](C)[C@H]2F)cc1. The first kappa shape index (κ1) is 60.9. The summed E-state index contributed by atoms with van der Waals surface area (Å²) in [4.78, 5) is 94.8. The van der Waals surface area contributed by atoms with E-state index in [0.717, 1.165) is 23.4 Å². The topological polar surface area (TPSA) is 332 Å². The van der Waals surface area contributed by atoms with Gasteiger partial charge in [0.1, 0.15) is 42.1 Å². The predicted molar refractivity (Wildman–Crippen MR) is 293 cm³/mol. The third kappa shape index (κ3) is 14.2. The first-order valence-electron chi connectivity index (χ1n) is 25.2. The Kier molecular flexibility index (Phi) is 19.2. The average molecular weight is 1210 g/mol. The summed E-state index contributed by atoms with van der Waals surface area (Å²) in [5, 5.41) is 19.4. The number of aromatic nitrogens is 7. The van der Waals surface area contributed by atoms with Gasteiger partial charge in [-0.05, 0) is 41.7 Å². The summed E-state index contributed by atoms with van der Waals surface area (Å²) in [7, 11) is 1.50. The molecule has 2 saturated heterocycles. The monoisotopic (exact) mass is 1210 g/mol. The van der Waals surface area contributed by atoms with Gasteiger partial charge in [-0.15, -0.1) is 0 Å². The zero-order chi connectivity index (χ0) is 58.6. The van der Waals surface area contributed by atoms with Crippen molar-refractivity contribution < 1.29 is 74.9 Å². The molecule has 81 heavy (non-hydrogen) atoms. The van der Waals surface area contributed by atoms with Crippen molar-refractivity contribution >= 4 is 95.6 Å². The van der Waals surface area contributed by atoms with E-state index in [1.165, 1.54) is 29.8 Å². The van der Waals surface area contributed by atoms with Crippen molar-refractivity contribution in [2.24, 2.45) is 11.8 Å². The average Bonchev–Trinajstić information content (AvgIpc) is 4.39. The molecule has 1 unspecified atom stereocenters. The molecule has 8 rings (SSSR count). The lowest BCUT2D eigenvalue weighted by Crippen LogP contribution is -2.50. The second-order valence-corrected chi connectivity index (χ2v) is 25.4. The molecule has 2 aromatic carbocycles. The molecular formula is C49H59F2N11O15P2S2. The molecule has 436 valence electrons. The normalized spacial score (nSPS) is 22.8. The van der Waals surface area contributed by atoms with E-state index in [9.17, 15) is 43.1 Å². The van der Waals surface area contributed by atoms with E-state index in [4.69, 9.17) is 27.8 Å². The Morgan fingerprint density at radius 3 is 2.44 bits per heavy atom. The molecule has 0 saturated carbocycles. The van der Waals surface area contributed by atoms with Crippen molar-refractivity contribution in [1.29, 1.82) is 0 Å². The minimum atomic E-state index is -4.49. The van der Waals surface area contributed by atoms with Crippen molar-refractivity contribution in [3.05, 3.63) is 107 Å². The van der Waals surface area contributed by atoms with E-state index in [0.29, 0.717) is 29.7 Å². The van der Waals surface area contributed by atoms with Gasteiger partial charge >= 0.3 is 19.7 Å². The van der Waals surface area contributed by atoms with Crippen LogP contribution in [-0.2, 0) is 65.2 Å². The Bertz CT molecular complexity index is 3450. The van der Waals surface area contributed by atoms with Crippen LogP contribution in [0.2, 0.25) is 0 Å². The van der Waals surface area contributed by atoms with E-state index < -0.39 is 117 Å². The van der Waals surface area contributed by atoms with E-state index in [-0.39, 0.29) is 59.1 Å². The van der Waals surface area contributed by atoms with Gasteiger partial charge in [-0.1, -0.05) is 82.5 Å². The van der Waals surface area contributed by atoms with Crippen LogP contribution < -0.4 is 21.5 Å². The van der Waals surface area contributed by atoms with Crippen LogP contribution >= 0.6 is 38.1 Å². The standard InChI is InChI=1S/C49H59F2N11O15P2S2/c1-6-33(58-36(63)15-26(2)3)45(66)57-30-13-11-28(12-14-30)18-72-48(68)60(5)16-29-9-7-8-10-31(29)44(65)59-41-39-43(54-23-52-41)61(25-56-39)47-38(51)27(4)34(77-47)19-75-79(71,81)76-22-49(21-73-35(40(49)64)20-74-78(69,70)80)62-17-32(50)37-42(62)53-24-55-46(37)67/h7-14,17,23-27,33-35,38,40,47,64H,6,15-16,18-22H2,1-5H3,(H,57,66)(H,58,63)(H,71,81)(H,53,55,67)(H2,69,70,80)(H,52,54,59,65)/t27-,33?,34-,35-,38-,40-,47-,49+,79-/m1/s1. The number of fused-ring (bicyclic) bond motifs is 2. The molecule has 10 atom stereocenters. The third-order valence-electron chi connectivity index (χ3n) is 13.5. The van der Waals surface area contributed by atoms with Gasteiger partial charge in [-0.3, -0.25) is 37.3 Å². The number of aromatic amines is 1. The van der Waals surface area contributed by atoms with Crippen molar-refractivity contribution in [2.75, 3.05) is 44.1 Å². The first-order valence-corrected chi connectivity index (χ1v) is 30.6. The minimum Gasteiger partial charge on any atom is -0.445 e. The molecule has 0 bridgehead atoms. The fraction of sp³-hybridized carbons (Fsp3) is 0.449. The lowest BCUT2D eigenvalue weighted by molar-refractivity contribution is -0.127. The fourth-order valence-electron chi connectivity index (χ4n) is 9.16. The van der Waals surface area contributed by atoms with E-state index in [1.807, 2.05) is 13.8 Å². The summed E-state index contributed by atoms with van der Waals surface area (Å²) in [6.07, 6.45) is -3.06. The highest BCUT2D eigenvalue weighted by atomic mass is 32.7. The van der Waals surface area contributed by atoms with Crippen molar-refractivity contribution in [3.63, 3.8) is 0 Å². The number of nitrogens with one attached hydrogen (secondary N) is 4. The van der Waals surface area contributed by atoms with Crippen molar-refractivity contribution in [1.82, 2.24) is 44.3 Å². The largest absolute Gasteiger partial charge is 0.445 e. The first-order chi connectivity index (χ1) is 38.4. The highest BCUT2D eigenvalue weighted by Gasteiger charge is 2.54. The van der Waals surface area contributed by atoms with Crippen molar-refractivity contribution in [2.45, 2.75) is 96.0 Å². The zero-order valence-electron chi connectivity index (χ0n) is 44.1. The zero-order valence-corrected chi connectivity index (χ0v) is 47.7. The number of ether oxygens (including phenoxy) is 3. The summed E-state index contributed by atoms with van der Waals surface area (Å²) < 4.78 is 92.8. The van der Waals surface area contributed by atoms with Crippen LogP contribution in [0.15, 0.2) is 78.5 Å². The summed E-state index contributed by atoms with van der Waals surface area (Å²) in [6, 6.07) is 12.5. The molecule has 26 nitrogen and oxygen atoms in total. The Balaban J connectivity index is 0.870. The number of amides is 4. The van der Waals surface area contributed by atoms with Gasteiger partial charge in [0.2, 0.25) is 11.8 Å².